The van der Waals surface area contributed by atoms with E-state index in [9.17, 15) is 22.0 Å². The first kappa shape index (κ1) is 14.7. The summed E-state index contributed by atoms with van der Waals surface area (Å²) >= 11 is 0. The fourth-order valence-electron chi connectivity index (χ4n) is 1.91. The van der Waals surface area contributed by atoms with Gasteiger partial charge in [-0.1, -0.05) is 0 Å². The molecule has 1 saturated heterocycles. The average Bonchev–Trinajstić information content (AvgIpc) is 2.36. The highest BCUT2D eigenvalue weighted by Gasteiger charge is 2.30. The van der Waals surface area contributed by atoms with Gasteiger partial charge >= 0.3 is 0 Å². The topological polar surface area (TPSA) is 101 Å². The zero-order valence-corrected chi connectivity index (χ0v) is 11.1. The number of hydrogen-bond donors (Lipinski definition) is 3. The van der Waals surface area contributed by atoms with Gasteiger partial charge in [0.2, 0.25) is 15.9 Å². The molecular formula is C11H13F2N3O3S. The molecule has 1 fully saturated rings. The van der Waals surface area contributed by atoms with Gasteiger partial charge in [-0.05, 0) is 25.0 Å². The van der Waals surface area contributed by atoms with Crippen LogP contribution >= 0.6 is 0 Å². The largest absolute Gasteiger partial charge is 0.399 e. The van der Waals surface area contributed by atoms with Crippen molar-refractivity contribution in [1.29, 1.82) is 0 Å². The minimum atomic E-state index is -4.37. The average molecular weight is 305 g/mol. The molecular weight excluding hydrogens is 292 g/mol. The van der Waals surface area contributed by atoms with Crippen LogP contribution in [0.5, 0.6) is 0 Å². The summed E-state index contributed by atoms with van der Waals surface area (Å²) in [6, 6.07) is 0.487. The van der Waals surface area contributed by atoms with E-state index in [2.05, 4.69) is 10.0 Å². The number of benzene rings is 1. The Kier molecular flexibility index (Phi) is 3.91. The second-order valence-electron chi connectivity index (χ2n) is 4.42. The highest BCUT2D eigenvalue weighted by molar-refractivity contribution is 7.89. The Labute approximate surface area is 114 Å². The van der Waals surface area contributed by atoms with E-state index in [1.807, 2.05) is 0 Å². The van der Waals surface area contributed by atoms with E-state index in [0.717, 1.165) is 6.07 Å². The number of halogens is 2. The van der Waals surface area contributed by atoms with Gasteiger partial charge < -0.3 is 11.1 Å². The van der Waals surface area contributed by atoms with Crippen LogP contribution in [0.15, 0.2) is 17.0 Å². The summed E-state index contributed by atoms with van der Waals surface area (Å²) < 4.78 is 52.9. The summed E-state index contributed by atoms with van der Waals surface area (Å²) in [4.78, 5) is 10.6. The molecule has 1 atom stereocenters. The van der Waals surface area contributed by atoms with Crippen molar-refractivity contribution in [2.24, 2.45) is 0 Å². The Bertz CT molecular complexity index is 649. The van der Waals surface area contributed by atoms with E-state index in [1.165, 1.54) is 0 Å². The number of amides is 1. The predicted octanol–water partition coefficient (Wildman–Crippen LogP) is 0.104. The number of carbonyl (C=O) groups excluding carboxylic acids is 1. The second-order valence-corrected chi connectivity index (χ2v) is 6.10. The number of rotatable bonds is 3. The van der Waals surface area contributed by atoms with Crippen molar-refractivity contribution in [2.45, 2.75) is 23.8 Å². The van der Waals surface area contributed by atoms with Crippen LogP contribution in [-0.2, 0) is 14.8 Å². The normalized spacial score (nSPS) is 19.7. The number of sulfonamides is 1. The molecule has 0 aliphatic carbocycles. The Morgan fingerprint density at radius 1 is 1.35 bits per heavy atom. The molecule has 1 heterocycles. The van der Waals surface area contributed by atoms with Crippen LogP contribution in [0, 0.1) is 11.6 Å². The van der Waals surface area contributed by atoms with Gasteiger partial charge in [0, 0.05) is 12.2 Å². The first-order valence-corrected chi connectivity index (χ1v) is 7.34. The molecule has 4 N–H and O–H groups in total. The van der Waals surface area contributed by atoms with Crippen LogP contribution in [0.3, 0.4) is 0 Å². The molecule has 20 heavy (non-hydrogen) atoms. The number of carbonyl (C=O) groups is 1. The van der Waals surface area contributed by atoms with Gasteiger partial charge in [0.15, 0.2) is 11.6 Å². The van der Waals surface area contributed by atoms with Crippen LogP contribution in [0.25, 0.3) is 0 Å². The summed E-state index contributed by atoms with van der Waals surface area (Å²) in [5, 5.41) is 2.49. The molecule has 0 spiro atoms. The zero-order chi connectivity index (χ0) is 14.9. The molecule has 1 aromatic rings. The van der Waals surface area contributed by atoms with Crippen LogP contribution < -0.4 is 15.8 Å². The minimum absolute atomic E-state index is 0.225. The van der Waals surface area contributed by atoms with Crippen molar-refractivity contribution in [2.75, 3.05) is 12.3 Å². The molecule has 0 aromatic heterocycles. The molecule has 1 amide bonds. The summed E-state index contributed by atoms with van der Waals surface area (Å²) in [5.41, 5.74) is 5.08. The van der Waals surface area contributed by atoms with Gasteiger partial charge in [-0.2, -0.15) is 4.72 Å². The quantitative estimate of drug-likeness (QED) is 0.690. The lowest BCUT2D eigenvalue weighted by Crippen LogP contribution is -2.50. The van der Waals surface area contributed by atoms with Gasteiger partial charge in [-0.3, -0.25) is 4.79 Å². The number of nitrogens with two attached hydrogens (primary N) is 1. The summed E-state index contributed by atoms with van der Waals surface area (Å²) in [5.74, 6) is -3.38. The molecule has 2 rings (SSSR count). The lowest BCUT2D eigenvalue weighted by atomic mass is 10.1. The standard InChI is InChI=1S/C11H13F2N3O3S/c12-7-4-6(14)5-9(10(7)13)20(18,19)16-8-2-1-3-15-11(8)17/h4-5,8,16H,1-3,14H2,(H,15,17). The summed E-state index contributed by atoms with van der Waals surface area (Å²) in [7, 11) is -4.37. The maximum absolute atomic E-state index is 13.6. The molecule has 0 radical (unpaired) electrons. The lowest BCUT2D eigenvalue weighted by Gasteiger charge is -2.22. The van der Waals surface area contributed by atoms with Crippen LogP contribution in [0.4, 0.5) is 14.5 Å². The Morgan fingerprint density at radius 2 is 2.05 bits per heavy atom. The van der Waals surface area contributed by atoms with E-state index >= 15 is 0 Å². The van der Waals surface area contributed by atoms with Crippen molar-refractivity contribution in [3.63, 3.8) is 0 Å². The van der Waals surface area contributed by atoms with Crippen molar-refractivity contribution in [3.8, 4) is 0 Å². The first-order chi connectivity index (χ1) is 9.31. The number of anilines is 1. The van der Waals surface area contributed by atoms with Gasteiger partial charge in [0.1, 0.15) is 10.9 Å². The fraction of sp³-hybridized carbons (Fsp3) is 0.364. The summed E-state index contributed by atoms with van der Waals surface area (Å²) in [6.45, 7) is 0.457. The third kappa shape index (κ3) is 2.88. The van der Waals surface area contributed by atoms with Crippen molar-refractivity contribution in [3.05, 3.63) is 23.8 Å². The highest BCUT2D eigenvalue weighted by Crippen LogP contribution is 2.21. The van der Waals surface area contributed by atoms with Crippen molar-refractivity contribution in [1.82, 2.24) is 10.0 Å². The Hall–Kier alpha value is -1.74. The third-order valence-electron chi connectivity index (χ3n) is 2.89. The molecule has 0 saturated carbocycles. The van der Waals surface area contributed by atoms with E-state index in [0.29, 0.717) is 19.0 Å². The van der Waals surface area contributed by atoms with E-state index in [1.54, 1.807) is 0 Å². The summed E-state index contributed by atoms with van der Waals surface area (Å²) in [6.07, 6.45) is 0.879. The second kappa shape index (κ2) is 5.33. The van der Waals surface area contributed by atoms with E-state index in [4.69, 9.17) is 5.73 Å². The molecule has 110 valence electrons. The van der Waals surface area contributed by atoms with Gasteiger partial charge in [-0.15, -0.1) is 0 Å². The number of piperidine rings is 1. The van der Waals surface area contributed by atoms with Gasteiger partial charge in [0.25, 0.3) is 0 Å². The number of nitrogen functional groups attached to an aromatic ring is 1. The lowest BCUT2D eigenvalue weighted by molar-refractivity contribution is -0.124. The van der Waals surface area contributed by atoms with E-state index in [-0.39, 0.29) is 12.1 Å². The highest BCUT2D eigenvalue weighted by atomic mass is 32.2. The molecule has 1 aliphatic heterocycles. The maximum Gasteiger partial charge on any atom is 0.244 e. The maximum atomic E-state index is 13.6. The monoisotopic (exact) mass is 305 g/mol. The zero-order valence-electron chi connectivity index (χ0n) is 10.3. The molecule has 1 aromatic carbocycles. The third-order valence-corrected chi connectivity index (χ3v) is 4.36. The molecule has 0 bridgehead atoms. The van der Waals surface area contributed by atoms with E-state index < -0.39 is 38.5 Å². The van der Waals surface area contributed by atoms with Crippen molar-refractivity contribution >= 4 is 21.6 Å². The van der Waals surface area contributed by atoms with Crippen LogP contribution in [-0.4, -0.2) is 26.9 Å². The Morgan fingerprint density at radius 3 is 2.70 bits per heavy atom. The molecule has 1 aliphatic rings. The van der Waals surface area contributed by atoms with Crippen molar-refractivity contribution < 1.29 is 22.0 Å². The smallest absolute Gasteiger partial charge is 0.244 e. The van der Waals surface area contributed by atoms with Gasteiger partial charge in [0.05, 0.1) is 0 Å². The minimum Gasteiger partial charge on any atom is -0.399 e. The molecule has 6 nitrogen and oxygen atoms in total. The predicted molar refractivity (Wildman–Crippen MR) is 67.1 cm³/mol. The SMILES string of the molecule is Nc1cc(F)c(F)c(S(=O)(=O)NC2CCCNC2=O)c1. The number of hydrogen-bond acceptors (Lipinski definition) is 4. The first-order valence-electron chi connectivity index (χ1n) is 5.86. The van der Waals surface area contributed by atoms with Crippen LogP contribution in [0.1, 0.15) is 12.8 Å². The molecule has 1 unspecified atom stereocenters. The Balaban J connectivity index is 2.33. The van der Waals surface area contributed by atoms with Gasteiger partial charge in [-0.25, -0.2) is 17.2 Å². The number of nitrogens with one attached hydrogen (secondary N) is 2. The molecule has 9 heteroatoms. The fourth-order valence-corrected chi connectivity index (χ4v) is 3.27. The van der Waals surface area contributed by atoms with Crippen LogP contribution in [0.2, 0.25) is 0 Å².